The first-order chi connectivity index (χ1) is 12.1. The van der Waals surface area contributed by atoms with E-state index in [2.05, 4.69) is 29.6 Å². The Bertz CT molecular complexity index is 858. The molecule has 3 atom stereocenters. The van der Waals surface area contributed by atoms with Crippen molar-refractivity contribution in [3.05, 3.63) is 75.4 Å². The van der Waals surface area contributed by atoms with Crippen LogP contribution in [0.1, 0.15) is 35.1 Å². The van der Waals surface area contributed by atoms with Gasteiger partial charge in [-0.1, -0.05) is 30.4 Å². The molecule has 1 aliphatic heterocycles. The largest absolute Gasteiger partial charge is 0.497 e. The minimum Gasteiger partial charge on any atom is -0.497 e. The van der Waals surface area contributed by atoms with E-state index in [-0.39, 0.29) is 28.5 Å². The number of nitrogens with zero attached hydrogens (tertiary/aromatic N) is 1. The fourth-order valence-corrected chi connectivity index (χ4v) is 4.14. The molecule has 5 nitrogen and oxygen atoms in total. The standard InChI is InChI=1S/C20H20N2O3/c1-12-6-11-17(22(23)24)18-15-4-3-5-16(15)20(21-19(12)18)13-7-9-14(25-2)10-8-13/h3-4,6-11,15-16,20-21H,5H2,1-2H3. The maximum Gasteiger partial charge on any atom is 0.275 e. The van der Waals surface area contributed by atoms with Crippen LogP contribution < -0.4 is 10.1 Å². The third-order valence-corrected chi connectivity index (χ3v) is 5.38. The molecular weight excluding hydrogens is 316 g/mol. The molecule has 5 heteroatoms. The van der Waals surface area contributed by atoms with Gasteiger partial charge in [-0.3, -0.25) is 10.1 Å². The van der Waals surface area contributed by atoms with Crippen molar-refractivity contribution in [2.75, 3.05) is 12.4 Å². The number of nitro groups is 1. The third kappa shape index (κ3) is 2.47. The fraction of sp³-hybridized carbons (Fsp3) is 0.300. The lowest BCUT2D eigenvalue weighted by molar-refractivity contribution is -0.385. The number of hydrogen-bond acceptors (Lipinski definition) is 4. The Hall–Kier alpha value is -2.82. The molecule has 4 rings (SSSR count). The zero-order chi connectivity index (χ0) is 17.6. The van der Waals surface area contributed by atoms with Gasteiger partial charge in [-0.15, -0.1) is 0 Å². The second-order valence-electron chi connectivity index (χ2n) is 6.70. The Morgan fingerprint density at radius 2 is 1.96 bits per heavy atom. The molecular formula is C20H20N2O3. The normalized spacial score (nSPS) is 23.5. The number of fused-ring (bicyclic) bond motifs is 3. The molecule has 0 saturated heterocycles. The minimum absolute atomic E-state index is 0.0728. The van der Waals surface area contributed by atoms with E-state index in [1.165, 1.54) is 5.56 Å². The molecule has 0 amide bonds. The minimum atomic E-state index is -0.267. The molecule has 1 N–H and O–H groups in total. The third-order valence-electron chi connectivity index (χ3n) is 5.38. The highest BCUT2D eigenvalue weighted by Gasteiger charge is 2.42. The summed E-state index contributed by atoms with van der Waals surface area (Å²) in [5.74, 6) is 1.18. The lowest BCUT2D eigenvalue weighted by Crippen LogP contribution is -2.30. The SMILES string of the molecule is COc1ccc(C2Nc3c(C)ccc([N+](=O)[O-])c3C3C=CCC32)cc1. The topological polar surface area (TPSA) is 64.4 Å². The van der Waals surface area contributed by atoms with E-state index < -0.39 is 0 Å². The summed E-state index contributed by atoms with van der Waals surface area (Å²) in [6, 6.07) is 11.7. The molecule has 128 valence electrons. The molecule has 3 unspecified atom stereocenters. The van der Waals surface area contributed by atoms with Crippen molar-refractivity contribution in [3.8, 4) is 5.75 Å². The Morgan fingerprint density at radius 3 is 2.64 bits per heavy atom. The van der Waals surface area contributed by atoms with Gasteiger partial charge in [-0.05, 0) is 42.5 Å². The molecule has 1 heterocycles. The summed E-state index contributed by atoms with van der Waals surface area (Å²) in [6.07, 6.45) is 5.20. The van der Waals surface area contributed by atoms with Gasteiger partial charge < -0.3 is 10.1 Å². The average molecular weight is 336 g/mol. The Kier molecular flexibility index (Phi) is 3.71. The number of methoxy groups -OCH3 is 1. The number of nitro benzene ring substituents is 1. The van der Waals surface area contributed by atoms with Crippen LogP contribution in [0.25, 0.3) is 0 Å². The summed E-state index contributed by atoms with van der Waals surface area (Å²) in [6.45, 7) is 2.00. The maximum atomic E-state index is 11.5. The van der Waals surface area contributed by atoms with Crippen LogP contribution in [0.5, 0.6) is 5.75 Å². The number of rotatable bonds is 3. The zero-order valence-corrected chi connectivity index (χ0v) is 14.2. The molecule has 0 fully saturated rings. The number of benzene rings is 2. The first-order valence-corrected chi connectivity index (χ1v) is 8.45. The van der Waals surface area contributed by atoms with E-state index in [9.17, 15) is 10.1 Å². The Labute approximate surface area is 146 Å². The maximum absolute atomic E-state index is 11.5. The van der Waals surface area contributed by atoms with E-state index in [1.54, 1.807) is 13.2 Å². The average Bonchev–Trinajstić information content (AvgIpc) is 3.11. The molecule has 1 aliphatic carbocycles. The van der Waals surface area contributed by atoms with Crippen molar-refractivity contribution in [3.63, 3.8) is 0 Å². The monoisotopic (exact) mass is 336 g/mol. The summed E-state index contributed by atoms with van der Waals surface area (Å²) in [4.78, 5) is 11.3. The van der Waals surface area contributed by atoms with Gasteiger partial charge in [-0.2, -0.15) is 0 Å². The van der Waals surface area contributed by atoms with Crippen LogP contribution >= 0.6 is 0 Å². The number of aryl methyl sites for hydroxylation is 1. The van der Waals surface area contributed by atoms with Crippen molar-refractivity contribution in [2.45, 2.75) is 25.3 Å². The molecule has 0 radical (unpaired) electrons. The number of hydrogen-bond donors (Lipinski definition) is 1. The van der Waals surface area contributed by atoms with Gasteiger partial charge in [0.25, 0.3) is 5.69 Å². The summed E-state index contributed by atoms with van der Waals surface area (Å²) in [5, 5.41) is 15.1. The highest BCUT2D eigenvalue weighted by Crippen LogP contribution is 2.53. The number of ether oxygens (including phenoxy) is 1. The predicted octanol–water partition coefficient (Wildman–Crippen LogP) is 4.74. The lowest BCUT2D eigenvalue weighted by Gasteiger charge is -2.38. The second-order valence-corrected chi connectivity index (χ2v) is 6.70. The summed E-state index contributed by atoms with van der Waals surface area (Å²) in [5.41, 5.74) is 4.16. The van der Waals surface area contributed by atoms with Crippen LogP contribution in [-0.4, -0.2) is 12.0 Å². The van der Waals surface area contributed by atoms with Gasteiger partial charge in [0.2, 0.25) is 0 Å². The summed E-state index contributed by atoms with van der Waals surface area (Å²) >= 11 is 0. The molecule has 0 spiro atoms. The second kappa shape index (κ2) is 5.92. The van der Waals surface area contributed by atoms with Crippen LogP contribution in [0.2, 0.25) is 0 Å². The molecule has 0 bridgehead atoms. The van der Waals surface area contributed by atoms with Crippen LogP contribution in [0.15, 0.2) is 48.6 Å². The number of nitrogens with one attached hydrogen (secondary N) is 1. The van der Waals surface area contributed by atoms with Crippen LogP contribution in [0.3, 0.4) is 0 Å². The first-order valence-electron chi connectivity index (χ1n) is 8.45. The molecule has 2 aromatic carbocycles. The predicted molar refractivity (Wildman–Crippen MR) is 97.2 cm³/mol. The number of allylic oxidation sites excluding steroid dienone is 2. The van der Waals surface area contributed by atoms with Crippen molar-refractivity contribution in [1.29, 1.82) is 0 Å². The van der Waals surface area contributed by atoms with Crippen LogP contribution in [0.4, 0.5) is 11.4 Å². The van der Waals surface area contributed by atoms with Crippen molar-refractivity contribution < 1.29 is 9.66 Å². The zero-order valence-electron chi connectivity index (χ0n) is 14.2. The molecule has 2 aromatic rings. The van der Waals surface area contributed by atoms with Crippen molar-refractivity contribution in [2.24, 2.45) is 5.92 Å². The molecule has 0 aromatic heterocycles. The summed E-state index contributed by atoms with van der Waals surface area (Å²) < 4.78 is 5.25. The van der Waals surface area contributed by atoms with Gasteiger partial charge in [0, 0.05) is 17.7 Å². The van der Waals surface area contributed by atoms with Gasteiger partial charge >= 0.3 is 0 Å². The van der Waals surface area contributed by atoms with E-state index in [0.717, 1.165) is 29.0 Å². The Balaban J connectivity index is 1.82. The lowest BCUT2D eigenvalue weighted by atomic mass is 9.75. The Morgan fingerprint density at radius 1 is 1.20 bits per heavy atom. The quantitative estimate of drug-likeness (QED) is 0.499. The van der Waals surface area contributed by atoms with Gasteiger partial charge in [0.05, 0.1) is 23.6 Å². The van der Waals surface area contributed by atoms with E-state index in [0.29, 0.717) is 0 Å². The van der Waals surface area contributed by atoms with Gasteiger partial charge in [0.15, 0.2) is 0 Å². The smallest absolute Gasteiger partial charge is 0.275 e. The van der Waals surface area contributed by atoms with Crippen LogP contribution in [-0.2, 0) is 0 Å². The van der Waals surface area contributed by atoms with Gasteiger partial charge in [-0.25, -0.2) is 0 Å². The van der Waals surface area contributed by atoms with Crippen LogP contribution in [0, 0.1) is 23.0 Å². The van der Waals surface area contributed by atoms with Crippen molar-refractivity contribution >= 4 is 11.4 Å². The summed E-state index contributed by atoms with van der Waals surface area (Å²) in [7, 11) is 1.66. The van der Waals surface area contributed by atoms with Crippen molar-refractivity contribution in [1.82, 2.24) is 0 Å². The highest BCUT2D eigenvalue weighted by molar-refractivity contribution is 5.70. The molecule has 25 heavy (non-hydrogen) atoms. The molecule has 2 aliphatic rings. The first kappa shape index (κ1) is 15.7. The van der Waals surface area contributed by atoms with E-state index in [1.807, 2.05) is 25.1 Å². The number of anilines is 1. The highest BCUT2D eigenvalue weighted by atomic mass is 16.6. The van der Waals surface area contributed by atoms with E-state index >= 15 is 0 Å². The van der Waals surface area contributed by atoms with E-state index in [4.69, 9.17) is 4.74 Å². The fourth-order valence-electron chi connectivity index (χ4n) is 4.14. The molecule has 0 saturated carbocycles. The van der Waals surface area contributed by atoms with Gasteiger partial charge in [0.1, 0.15) is 5.75 Å².